The predicted octanol–water partition coefficient (Wildman–Crippen LogP) is 2.31. The van der Waals surface area contributed by atoms with E-state index in [4.69, 9.17) is 0 Å². The Labute approximate surface area is 95.1 Å². The number of imide groups is 1. The molecular formula is C13H15NO2. The molecule has 0 saturated heterocycles. The molecule has 0 unspecified atom stereocenters. The van der Waals surface area contributed by atoms with Crippen LogP contribution in [0.1, 0.15) is 45.7 Å². The van der Waals surface area contributed by atoms with Crippen molar-refractivity contribution in [3.05, 3.63) is 34.4 Å². The van der Waals surface area contributed by atoms with E-state index >= 15 is 0 Å². The van der Waals surface area contributed by atoms with Crippen molar-refractivity contribution >= 4 is 11.8 Å². The minimum Gasteiger partial charge on any atom is -0.272 e. The summed E-state index contributed by atoms with van der Waals surface area (Å²) in [6.45, 7) is 7.44. The molecule has 0 spiro atoms. The smallest absolute Gasteiger partial charge is 0.262 e. The van der Waals surface area contributed by atoms with E-state index in [2.05, 4.69) is 0 Å². The van der Waals surface area contributed by atoms with Gasteiger partial charge in [-0.05, 0) is 38.8 Å². The van der Waals surface area contributed by atoms with Gasteiger partial charge in [-0.3, -0.25) is 14.5 Å². The maximum absolute atomic E-state index is 12.1. The second kappa shape index (κ2) is 3.44. The van der Waals surface area contributed by atoms with Gasteiger partial charge in [0.05, 0.1) is 11.1 Å². The summed E-state index contributed by atoms with van der Waals surface area (Å²) in [6.07, 6.45) is 0. The van der Waals surface area contributed by atoms with E-state index in [0.717, 1.165) is 11.1 Å². The molecule has 84 valence electrons. The molecule has 1 aliphatic heterocycles. The highest BCUT2D eigenvalue weighted by molar-refractivity contribution is 6.22. The van der Waals surface area contributed by atoms with Crippen LogP contribution in [0.3, 0.4) is 0 Å². The molecule has 0 aromatic heterocycles. The van der Waals surface area contributed by atoms with Crippen LogP contribution in [0, 0.1) is 13.8 Å². The Balaban J connectivity index is 2.68. The van der Waals surface area contributed by atoms with E-state index in [0.29, 0.717) is 11.1 Å². The van der Waals surface area contributed by atoms with Crippen molar-refractivity contribution in [3.8, 4) is 0 Å². The van der Waals surface area contributed by atoms with Crippen LogP contribution >= 0.6 is 0 Å². The van der Waals surface area contributed by atoms with Crippen molar-refractivity contribution in [3.63, 3.8) is 0 Å². The number of rotatable bonds is 1. The van der Waals surface area contributed by atoms with Crippen LogP contribution in [0.2, 0.25) is 0 Å². The fourth-order valence-corrected chi connectivity index (χ4v) is 2.16. The zero-order chi connectivity index (χ0) is 12.0. The third-order valence-corrected chi connectivity index (χ3v) is 3.00. The summed E-state index contributed by atoms with van der Waals surface area (Å²) < 4.78 is 0. The maximum Gasteiger partial charge on any atom is 0.262 e. The fraction of sp³-hybridized carbons (Fsp3) is 0.385. The molecular weight excluding hydrogens is 202 g/mol. The average Bonchev–Trinajstić information content (AvgIpc) is 2.46. The molecule has 3 heteroatoms. The maximum atomic E-state index is 12.1. The first-order valence-corrected chi connectivity index (χ1v) is 5.43. The largest absolute Gasteiger partial charge is 0.272 e. The van der Waals surface area contributed by atoms with Crippen molar-refractivity contribution in [1.29, 1.82) is 0 Å². The molecule has 0 fully saturated rings. The van der Waals surface area contributed by atoms with Crippen LogP contribution in [0.25, 0.3) is 0 Å². The van der Waals surface area contributed by atoms with Gasteiger partial charge >= 0.3 is 0 Å². The van der Waals surface area contributed by atoms with Crippen LogP contribution in [0.4, 0.5) is 0 Å². The molecule has 1 heterocycles. The lowest BCUT2D eigenvalue weighted by atomic mass is 9.99. The van der Waals surface area contributed by atoms with Gasteiger partial charge in [0.25, 0.3) is 11.8 Å². The molecule has 3 nitrogen and oxygen atoms in total. The van der Waals surface area contributed by atoms with Crippen molar-refractivity contribution in [2.45, 2.75) is 33.7 Å². The molecule has 2 rings (SSSR count). The van der Waals surface area contributed by atoms with Gasteiger partial charge in [0, 0.05) is 6.04 Å². The number of hydrogen-bond acceptors (Lipinski definition) is 2. The Hall–Kier alpha value is -1.64. The number of fused-ring (bicyclic) bond motifs is 1. The third kappa shape index (κ3) is 1.28. The van der Waals surface area contributed by atoms with Gasteiger partial charge < -0.3 is 0 Å². The van der Waals surface area contributed by atoms with Gasteiger partial charge in [-0.2, -0.15) is 0 Å². The highest BCUT2D eigenvalue weighted by Gasteiger charge is 2.39. The molecule has 0 saturated carbocycles. The molecule has 0 N–H and O–H groups in total. The monoisotopic (exact) mass is 217 g/mol. The molecule has 0 bridgehead atoms. The minimum atomic E-state index is -0.156. The molecule has 1 aromatic rings. The van der Waals surface area contributed by atoms with Gasteiger partial charge in [-0.1, -0.05) is 12.1 Å². The molecule has 0 aliphatic carbocycles. The zero-order valence-electron chi connectivity index (χ0n) is 10.00. The standard InChI is InChI=1S/C13H15NO2/c1-7(2)14-12(15)10-8(3)5-6-9(4)11(10)13(14)16/h5-7H,1-4H3. The number of amides is 2. The quantitative estimate of drug-likeness (QED) is 0.677. The average molecular weight is 217 g/mol. The highest BCUT2D eigenvalue weighted by atomic mass is 16.2. The van der Waals surface area contributed by atoms with Crippen LogP contribution in [-0.2, 0) is 0 Å². The van der Waals surface area contributed by atoms with Gasteiger partial charge in [0.1, 0.15) is 0 Å². The Kier molecular flexibility index (Phi) is 2.34. The van der Waals surface area contributed by atoms with E-state index < -0.39 is 0 Å². The molecule has 1 aromatic carbocycles. The van der Waals surface area contributed by atoms with Crippen LogP contribution < -0.4 is 0 Å². The van der Waals surface area contributed by atoms with Crippen LogP contribution in [0.15, 0.2) is 12.1 Å². The van der Waals surface area contributed by atoms with Crippen molar-refractivity contribution in [1.82, 2.24) is 4.90 Å². The first kappa shape index (κ1) is 10.9. The molecule has 2 amide bonds. The Bertz CT molecular complexity index is 448. The van der Waals surface area contributed by atoms with E-state index in [1.54, 1.807) is 0 Å². The van der Waals surface area contributed by atoms with Gasteiger partial charge in [-0.15, -0.1) is 0 Å². The van der Waals surface area contributed by atoms with E-state index in [1.807, 2.05) is 39.8 Å². The Morgan fingerprint density at radius 1 is 0.938 bits per heavy atom. The van der Waals surface area contributed by atoms with Crippen molar-refractivity contribution in [2.75, 3.05) is 0 Å². The summed E-state index contributed by atoms with van der Waals surface area (Å²) in [5, 5.41) is 0. The van der Waals surface area contributed by atoms with Crippen molar-refractivity contribution in [2.24, 2.45) is 0 Å². The Morgan fingerprint density at radius 2 is 1.31 bits per heavy atom. The lowest BCUT2D eigenvalue weighted by Crippen LogP contribution is -2.36. The van der Waals surface area contributed by atoms with E-state index in [-0.39, 0.29) is 17.9 Å². The lowest BCUT2D eigenvalue weighted by Gasteiger charge is -2.17. The van der Waals surface area contributed by atoms with Gasteiger partial charge in [-0.25, -0.2) is 0 Å². The number of carbonyl (C=O) groups is 2. The van der Waals surface area contributed by atoms with E-state index in [9.17, 15) is 9.59 Å². The second-order valence-corrected chi connectivity index (χ2v) is 4.52. The first-order valence-electron chi connectivity index (χ1n) is 5.43. The molecule has 0 atom stereocenters. The summed E-state index contributed by atoms with van der Waals surface area (Å²) in [5.74, 6) is -0.313. The fourth-order valence-electron chi connectivity index (χ4n) is 2.16. The van der Waals surface area contributed by atoms with Gasteiger partial charge in [0.2, 0.25) is 0 Å². The van der Waals surface area contributed by atoms with Crippen molar-refractivity contribution < 1.29 is 9.59 Å². The number of benzene rings is 1. The summed E-state index contributed by atoms with van der Waals surface area (Å²) >= 11 is 0. The van der Waals surface area contributed by atoms with Crippen LogP contribution in [-0.4, -0.2) is 22.8 Å². The number of nitrogens with zero attached hydrogens (tertiary/aromatic N) is 1. The summed E-state index contributed by atoms with van der Waals surface area (Å²) in [6, 6.07) is 3.69. The summed E-state index contributed by atoms with van der Waals surface area (Å²) in [7, 11) is 0. The molecule has 16 heavy (non-hydrogen) atoms. The summed E-state index contributed by atoms with van der Waals surface area (Å²) in [5.41, 5.74) is 2.92. The van der Waals surface area contributed by atoms with Crippen LogP contribution in [0.5, 0.6) is 0 Å². The number of hydrogen-bond donors (Lipinski definition) is 0. The van der Waals surface area contributed by atoms with Gasteiger partial charge in [0.15, 0.2) is 0 Å². The number of aryl methyl sites for hydroxylation is 2. The Morgan fingerprint density at radius 3 is 1.62 bits per heavy atom. The number of carbonyl (C=O) groups excluding carboxylic acids is 2. The first-order chi connectivity index (χ1) is 7.45. The predicted molar refractivity (Wildman–Crippen MR) is 61.6 cm³/mol. The SMILES string of the molecule is Cc1ccc(C)c2c1C(=O)N(C(C)C)C2=O. The second-order valence-electron chi connectivity index (χ2n) is 4.52. The third-order valence-electron chi connectivity index (χ3n) is 3.00. The normalized spacial score (nSPS) is 14.9. The molecule has 0 radical (unpaired) electrons. The topological polar surface area (TPSA) is 37.4 Å². The lowest BCUT2D eigenvalue weighted by molar-refractivity contribution is 0.0609. The molecule has 1 aliphatic rings. The summed E-state index contributed by atoms with van der Waals surface area (Å²) in [4.78, 5) is 25.6. The zero-order valence-corrected chi connectivity index (χ0v) is 10.00. The van der Waals surface area contributed by atoms with E-state index in [1.165, 1.54) is 4.90 Å². The highest BCUT2D eigenvalue weighted by Crippen LogP contribution is 2.29. The minimum absolute atomic E-state index is 0.0915.